The first kappa shape index (κ1) is 20.8. The van der Waals surface area contributed by atoms with Crippen molar-refractivity contribution in [3.8, 4) is 28.3 Å². The second-order valence-electron chi connectivity index (χ2n) is 8.15. The molecule has 0 unspecified atom stereocenters. The standard InChI is InChI=1S/C23H20F2N4O2S/c1-29-8-5-14(11-19(29)31)13-2-3-17(18(30)10-13)21-26-22-20(27-28-21)16(6-9-32-22)15-4-7-23(24,25)12-15/h2-3,5-6,8,10-11,15,30H,4,7,9,12H2,1H3/t15-/m1/s1. The molecule has 1 N–H and O–H groups in total. The minimum Gasteiger partial charge on any atom is -0.507 e. The summed E-state index contributed by atoms with van der Waals surface area (Å²) in [5.41, 5.74) is 3.01. The Labute approximate surface area is 187 Å². The predicted octanol–water partition coefficient (Wildman–Crippen LogP) is 4.53. The van der Waals surface area contributed by atoms with E-state index < -0.39 is 5.92 Å². The maximum Gasteiger partial charge on any atom is 0.250 e. The molecule has 164 valence electrons. The van der Waals surface area contributed by atoms with Gasteiger partial charge in [-0.1, -0.05) is 23.9 Å². The number of aryl methyl sites for hydroxylation is 1. The lowest BCUT2D eigenvalue weighted by atomic mass is 9.94. The highest BCUT2D eigenvalue weighted by Gasteiger charge is 2.42. The van der Waals surface area contributed by atoms with E-state index in [4.69, 9.17) is 0 Å². The Morgan fingerprint density at radius 1 is 1.19 bits per heavy atom. The molecule has 5 rings (SSSR count). The average Bonchev–Trinajstić information content (AvgIpc) is 3.14. The van der Waals surface area contributed by atoms with Crippen LogP contribution in [0.4, 0.5) is 8.78 Å². The van der Waals surface area contributed by atoms with Crippen LogP contribution in [0.5, 0.6) is 5.75 Å². The number of aromatic hydroxyl groups is 1. The Kier molecular flexibility index (Phi) is 5.08. The summed E-state index contributed by atoms with van der Waals surface area (Å²) in [7, 11) is 1.67. The van der Waals surface area contributed by atoms with E-state index in [1.54, 1.807) is 37.5 Å². The van der Waals surface area contributed by atoms with Gasteiger partial charge in [0.05, 0.1) is 5.56 Å². The molecule has 0 radical (unpaired) electrons. The van der Waals surface area contributed by atoms with Crippen LogP contribution in [0.2, 0.25) is 0 Å². The summed E-state index contributed by atoms with van der Waals surface area (Å²) in [6.07, 6.45) is 3.77. The number of allylic oxidation sites excluding steroid dienone is 1. The number of phenolic OH excluding ortho intramolecular Hbond substituents is 1. The number of hydrogen-bond acceptors (Lipinski definition) is 6. The van der Waals surface area contributed by atoms with Gasteiger partial charge in [0.25, 0.3) is 5.56 Å². The maximum absolute atomic E-state index is 13.7. The van der Waals surface area contributed by atoms with Gasteiger partial charge in [0, 0.05) is 37.9 Å². The van der Waals surface area contributed by atoms with Gasteiger partial charge in [0.15, 0.2) is 5.82 Å². The Balaban J connectivity index is 1.46. The van der Waals surface area contributed by atoms with Crippen molar-refractivity contribution < 1.29 is 13.9 Å². The van der Waals surface area contributed by atoms with Gasteiger partial charge in [-0.05, 0) is 47.2 Å². The van der Waals surface area contributed by atoms with Gasteiger partial charge >= 0.3 is 0 Å². The van der Waals surface area contributed by atoms with Crippen LogP contribution in [0.3, 0.4) is 0 Å². The molecule has 0 amide bonds. The van der Waals surface area contributed by atoms with Gasteiger partial charge in [-0.2, -0.15) is 0 Å². The zero-order valence-electron chi connectivity index (χ0n) is 17.3. The summed E-state index contributed by atoms with van der Waals surface area (Å²) in [6, 6.07) is 8.33. The molecule has 32 heavy (non-hydrogen) atoms. The number of benzene rings is 1. The zero-order chi connectivity index (χ0) is 22.5. The number of halogens is 2. The van der Waals surface area contributed by atoms with Crippen LogP contribution in [0, 0.1) is 5.92 Å². The quantitative estimate of drug-likeness (QED) is 0.626. The lowest BCUT2D eigenvalue weighted by molar-refractivity contribution is 0.00705. The first-order valence-electron chi connectivity index (χ1n) is 10.3. The summed E-state index contributed by atoms with van der Waals surface area (Å²) in [4.78, 5) is 16.5. The molecule has 6 nitrogen and oxygen atoms in total. The summed E-state index contributed by atoms with van der Waals surface area (Å²) in [5, 5.41) is 19.8. The fourth-order valence-electron chi connectivity index (χ4n) is 4.22. The number of alkyl halides is 2. The van der Waals surface area contributed by atoms with Crippen LogP contribution in [0.25, 0.3) is 28.1 Å². The highest BCUT2D eigenvalue weighted by atomic mass is 32.2. The van der Waals surface area contributed by atoms with Crippen LogP contribution >= 0.6 is 11.8 Å². The van der Waals surface area contributed by atoms with E-state index in [9.17, 15) is 18.7 Å². The molecule has 3 heterocycles. The van der Waals surface area contributed by atoms with Crippen molar-refractivity contribution in [3.05, 3.63) is 58.7 Å². The van der Waals surface area contributed by atoms with Crippen molar-refractivity contribution in [3.63, 3.8) is 0 Å². The number of hydrogen-bond donors (Lipinski definition) is 1. The lowest BCUT2D eigenvalue weighted by Crippen LogP contribution is -2.14. The molecule has 0 spiro atoms. The molecule has 2 aromatic heterocycles. The predicted molar refractivity (Wildman–Crippen MR) is 119 cm³/mol. The third-order valence-electron chi connectivity index (χ3n) is 5.97. The summed E-state index contributed by atoms with van der Waals surface area (Å²) < 4.78 is 28.9. The number of aromatic nitrogens is 4. The second kappa shape index (κ2) is 7.81. The molecule has 9 heteroatoms. The van der Waals surface area contributed by atoms with Crippen LogP contribution in [0.15, 0.2) is 52.4 Å². The van der Waals surface area contributed by atoms with Crippen LogP contribution in [-0.4, -0.2) is 36.5 Å². The SMILES string of the molecule is Cn1ccc(-c2ccc(-c3nnc4c(n3)SCC=C4[C@@H]3CCC(F)(F)C3)c(O)c2)cc1=O. The van der Waals surface area contributed by atoms with Crippen molar-refractivity contribution in [1.29, 1.82) is 0 Å². The second-order valence-corrected chi connectivity index (χ2v) is 9.16. The van der Waals surface area contributed by atoms with E-state index in [0.29, 0.717) is 39.6 Å². The Hall–Kier alpha value is -3.07. The van der Waals surface area contributed by atoms with Gasteiger partial charge < -0.3 is 9.67 Å². The fourth-order valence-corrected chi connectivity index (χ4v) is 5.09. The van der Waals surface area contributed by atoms with E-state index in [1.165, 1.54) is 22.4 Å². The third-order valence-corrected chi connectivity index (χ3v) is 6.86. The lowest BCUT2D eigenvalue weighted by Gasteiger charge is -2.20. The van der Waals surface area contributed by atoms with Crippen molar-refractivity contribution in [2.75, 3.05) is 5.75 Å². The number of pyridine rings is 1. The van der Waals surface area contributed by atoms with Gasteiger partial charge in [0.2, 0.25) is 5.92 Å². The van der Waals surface area contributed by atoms with E-state index in [-0.39, 0.29) is 35.9 Å². The molecule has 1 fully saturated rings. The van der Waals surface area contributed by atoms with E-state index in [0.717, 1.165) is 5.57 Å². The van der Waals surface area contributed by atoms with Crippen molar-refractivity contribution >= 4 is 17.3 Å². The fraction of sp³-hybridized carbons (Fsp3) is 0.304. The highest BCUT2D eigenvalue weighted by molar-refractivity contribution is 7.99. The molecule has 1 atom stereocenters. The molecule has 3 aromatic rings. The number of phenols is 1. The summed E-state index contributed by atoms with van der Waals surface area (Å²) in [6.45, 7) is 0. The van der Waals surface area contributed by atoms with Crippen molar-refractivity contribution in [2.45, 2.75) is 30.2 Å². The van der Waals surface area contributed by atoms with Gasteiger partial charge in [-0.25, -0.2) is 13.8 Å². The van der Waals surface area contributed by atoms with Crippen molar-refractivity contribution in [1.82, 2.24) is 19.7 Å². The van der Waals surface area contributed by atoms with Crippen LogP contribution < -0.4 is 5.56 Å². The smallest absolute Gasteiger partial charge is 0.250 e. The zero-order valence-corrected chi connectivity index (χ0v) is 18.1. The molecule has 2 aliphatic rings. The normalized spacial score (nSPS) is 19.5. The molecular formula is C23H20F2N4O2S. The molecular weight excluding hydrogens is 434 g/mol. The Morgan fingerprint density at radius 3 is 2.72 bits per heavy atom. The minimum atomic E-state index is -2.63. The van der Waals surface area contributed by atoms with Gasteiger partial charge in [-0.3, -0.25) is 4.79 Å². The molecule has 1 aliphatic heterocycles. The first-order chi connectivity index (χ1) is 15.3. The van der Waals surface area contributed by atoms with E-state index in [1.807, 2.05) is 6.08 Å². The van der Waals surface area contributed by atoms with E-state index in [2.05, 4.69) is 15.2 Å². The van der Waals surface area contributed by atoms with Crippen molar-refractivity contribution in [2.24, 2.45) is 13.0 Å². The summed E-state index contributed by atoms with van der Waals surface area (Å²) in [5.74, 6) is -2.00. The first-order valence-corrected chi connectivity index (χ1v) is 11.3. The minimum absolute atomic E-state index is 0.0306. The molecule has 0 saturated heterocycles. The number of nitrogens with zero attached hydrogens (tertiary/aromatic N) is 4. The number of thioether (sulfide) groups is 1. The number of fused-ring (bicyclic) bond motifs is 1. The molecule has 1 saturated carbocycles. The highest BCUT2D eigenvalue weighted by Crippen LogP contribution is 2.47. The van der Waals surface area contributed by atoms with Crippen LogP contribution in [0.1, 0.15) is 25.0 Å². The topological polar surface area (TPSA) is 80.9 Å². The van der Waals surface area contributed by atoms with E-state index >= 15 is 0 Å². The summed E-state index contributed by atoms with van der Waals surface area (Å²) >= 11 is 1.47. The molecule has 0 bridgehead atoms. The molecule has 1 aliphatic carbocycles. The van der Waals surface area contributed by atoms with Gasteiger partial charge in [-0.15, -0.1) is 10.2 Å². The Morgan fingerprint density at radius 2 is 2.00 bits per heavy atom. The largest absolute Gasteiger partial charge is 0.507 e. The molecule has 1 aromatic carbocycles. The average molecular weight is 455 g/mol. The number of rotatable bonds is 3. The Bertz CT molecular complexity index is 1310. The maximum atomic E-state index is 13.7. The van der Waals surface area contributed by atoms with Crippen LogP contribution in [-0.2, 0) is 7.05 Å². The monoisotopic (exact) mass is 454 g/mol. The third kappa shape index (κ3) is 3.81. The van der Waals surface area contributed by atoms with Gasteiger partial charge in [0.1, 0.15) is 16.5 Å².